The number of hydrogen-bond acceptors (Lipinski definition) is 3. The number of hydrogen-bond donors (Lipinski definition) is 1. The van der Waals surface area contributed by atoms with Crippen LogP contribution in [0.25, 0.3) is 0 Å². The highest BCUT2D eigenvalue weighted by atomic mass is 16.5. The molecular weight excluding hydrogens is 262 g/mol. The monoisotopic (exact) mass is 281 g/mol. The molecule has 0 bridgehead atoms. The van der Waals surface area contributed by atoms with E-state index in [-0.39, 0.29) is 0 Å². The fourth-order valence-electron chi connectivity index (χ4n) is 1.93. The summed E-state index contributed by atoms with van der Waals surface area (Å²) in [5.74, 6) is 7.62. The van der Waals surface area contributed by atoms with Crippen LogP contribution in [-0.4, -0.2) is 20.3 Å². The molecule has 0 amide bonds. The molecule has 0 aromatic heterocycles. The van der Waals surface area contributed by atoms with Crippen molar-refractivity contribution in [2.24, 2.45) is 5.73 Å². The zero-order valence-corrected chi connectivity index (χ0v) is 12.1. The van der Waals surface area contributed by atoms with Gasteiger partial charge in [0.2, 0.25) is 0 Å². The lowest BCUT2D eigenvalue weighted by Gasteiger charge is -2.10. The van der Waals surface area contributed by atoms with E-state index < -0.39 is 0 Å². The van der Waals surface area contributed by atoms with Crippen LogP contribution in [0.3, 0.4) is 0 Å². The van der Waals surface area contributed by atoms with Crippen LogP contribution in [0.2, 0.25) is 0 Å². The summed E-state index contributed by atoms with van der Waals surface area (Å²) in [6, 6.07) is 15.6. The summed E-state index contributed by atoms with van der Waals surface area (Å²) in [6.45, 7) is 0.915. The minimum absolute atomic E-state index is 0.333. The summed E-state index contributed by atoms with van der Waals surface area (Å²) in [5.41, 5.74) is 7.67. The van der Waals surface area contributed by atoms with Gasteiger partial charge in [-0.1, -0.05) is 36.1 Å². The summed E-state index contributed by atoms with van der Waals surface area (Å²) in [6.07, 6.45) is 0.769. The normalized spacial score (nSPS) is 9.62. The van der Waals surface area contributed by atoms with Crippen molar-refractivity contribution in [1.82, 2.24) is 0 Å². The Balaban J connectivity index is 2.03. The quantitative estimate of drug-likeness (QED) is 0.857. The second-order valence-electron chi connectivity index (χ2n) is 4.47. The molecule has 3 nitrogen and oxygen atoms in total. The first-order valence-corrected chi connectivity index (χ1v) is 6.87. The zero-order valence-electron chi connectivity index (χ0n) is 12.1. The fraction of sp³-hybridized carbons (Fsp3) is 0.222. The maximum atomic E-state index is 5.74. The van der Waals surface area contributed by atoms with Gasteiger partial charge < -0.3 is 15.2 Å². The van der Waals surface area contributed by atoms with Crippen LogP contribution in [0.4, 0.5) is 0 Å². The van der Waals surface area contributed by atoms with Crippen LogP contribution in [0, 0.1) is 11.8 Å². The Hall–Kier alpha value is -2.44. The molecule has 0 unspecified atom stereocenters. The van der Waals surface area contributed by atoms with Gasteiger partial charge in [-0.3, -0.25) is 0 Å². The summed E-state index contributed by atoms with van der Waals surface area (Å²) < 4.78 is 11.0. The average molecular weight is 281 g/mol. The Morgan fingerprint density at radius 1 is 1.10 bits per heavy atom. The Morgan fingerprint density at radius 2 is 1.90 bits per heavy atom. The zero-order chi connectivity index (χ0) is 14.9. The molecule has 0 saturated heterocycles. The highest BCUT2D eigenvalue weighted by molar-refractivity contribution is 5.41. The molecular formula is C18H19NO2. The minimum atomic E-state index is 0.333. The summed E-state index contributed by atoms with van der Waals surface area (Å²) in [7, 11) is 1.64. The van der Waals surface area contributed by atoms with E-state index >= 15 is 0 Å². The molecule has 0 fully saturated rings. The van der Waals surface area contributed by atoms with Crippen molar-refractivity contribution < 1.29 is 9.47 Å². The van der Waals surface area contributed by atoms with Crippen molar-refractivity contribution >= 4 is 0 Å². The molecule has 0 spiro atoms. The number of ether oxygens (including phenoxy) is 2. The second-order valence-corrected chi connectivity index (χ2v) is 4.47. The Kier molecular flexibility index (Phi) is 5.69. The molecule has 108 valence electrons. The molecule has 21 heavy (non-hydrogen) atoms. The van der Waals surface area contributed by atoms with Gasteiger partial charge in [0.05, 0.1) is 7.11 Å². The predicted octanol–water partition coefficient (Wildman–Crippen LogP) is 2.63. The SMILES string of the molecule is COc1ccc(CCN)c(OCC#Cc2ccccc2)c1. The molecule has 2 aromatic rings. The first kappa shape index (κ1) is 15.0. The number of benzene rings is 2. The maximum absolute atomic E-state index is 5.74. The van der Waals surface area contributed by atoms with Gasteiger partial charge in [0.15, 0.2) is 0 Å². The third kappa shape index (κ3) is 4.55. The van der Waals surface area contributed by atoms with Crippen LogP contribution in [0.5, 0.6) is 11.5 Å². The fourth-order valence-corrected chi connectivity index (χ4v) is 1.93. The summed E-state index contributed by atoms with van der Waals surface area (Å²) in [4.78, 5) is 0. The van der Waals surface area contributed by atoms with E-state index in [9.17, 15) is 0 Å². The molecule has 0 atom stereocenters. The number of nitrogens with two attached hydrogens (primary N) is 1. The van der Waals surface area contributed by atoms with Gasteiger partial charge in [-0.05, 0) is 36.7 Å². The molecule has 0 heterocycles. The predicted molar refractivity (Wildman–Crippen MR) is 84.6 cm³/mol. The van der Waals surface area contributed by atoms with Gasteiger partial charge in [0.1, 0.15) is 18.1 Å². The van der Waals surface area contributed by atoms with E-state index in [0.29, 0.717) is 13.2 Å². The molecule has 2 rings (SSSR count). The third-order valence-corrected chi connectivity index (χ3v) is 2.99. The van der Waals surface area contributed by atoms with Crippen LogP contribution >= 0.6 is 0 Å². The third-order valence-electron chi connectivity index (χ3n) is 2.99. The average Bonchev–Trinajstić information content (AvgIpc) is 2.54. The van der Waals surface area contributed by atoms with E-state index in [1.165, 1.54) is 0 Å². The van der Waals surface area contributed by atoms with Crippen molar-refractivity contribution in [2.45, 2.75) is 6.42 Å². The molecule has 0 aliphatic heterocycles. The van der Waals surface area contributed by atoms with Crippen molar-refractivity contribution in [2.75, 3.05) is 20.3 Å². The molecule has 2 N–H and O–H groups in total. The topological polar surface area (TPSA) is 44.5 Å². The molecule has 0 saturated carbocycles. The van der Waals surface area contributed by atoms with Crippen molar-refractivity contribution in [1.29, 1.82) is 0 Å². The highest BCUT2D eigenvalue weighted by Gasteiger charge is 2.04. The second kappa shape index (κ2) is 7.98. The van der Waals surface area contributed by atoms with Crippen molar-refractivity contribution in [3.63, 3.8) is 0 Å². The Morgan fingerprint density at radius 3 is 2.62 bits per heavy atom. The lowest BCUT2D eigenvalue weighted by molar-refractivity contribution is 0.359. The summed E-state index contributed by atoms with van der Waals surface area (Å²) >= 11 is 0. The van der Waals surface area contributed by atoms with E-state index in [2.05, 4.69) is 11.8 Å². The lowest BCUT2D eigenvalue weighted by atomic mass is 10.1. The van der Waals surface area contributed by atoms with Crippen molar-refractivity contribution in [3.05, 3.63) is 59.7 Å². The molecule has 3 heteroatoms. The van der Waals surface area contributed by atoms with Crippen LogP contribution in [0.1, 0.15) is 11.1 Å². The van der Waals surface area contributed by atoms with E-state index in [4.69, 9.17) is 15.2 Å². The Bertz CT molecular complexity index is 627. The lowest BCUT2D eigenvalue weighted by Crippen LogP contribution is -2.05. The van der Waals surface area contributed by atoms with Crippen LogP contribution in [-0.2, 0) is 6.42 Å². The number of rotatable bonds is 5. The van der Waals surface area contributed by atoms with Crippen molar-refractivity contribution in [3.8, 4) is 23.3 Å². The maximum Gasteiger partial charge on any atom is 0.149 e. The first-order chi connectivity index (χ1) is 10.3. The van der Waals surface area contributed by atoms with Gasteiger partial charge in [0, 0.05) is 11.6 Å². The standard InChI is InChI=1S/C18H19NO2/c1-20-17-10-9-16(11-12-19)18(14-17)21-13-5-8-15-6-3-2-4-7-15/h2-4,6-7,9-10,14H,11-13,19H2,1H3. The smallest absolute Gasteiger partial charge is 0.149 e. The van der Waals surface area contributed by atoms with Crippen LogP contribution < -0.4 is 15.2 Å². The van der Waals surface area contributed by atoms with Gasteiger partial charge in [-0.15, -0.1) is 0 Å². The molecule has 0 radical (unpaired) electrons. The largest absolute Gasteiger partial charge is 0.497 e. The van der Waals surface area contributed by atoms with Gasteiger partial charge >= 0.3 is 0 Å². The van der Waals surface area contributed by atoms with Gasteiger partial charge in [-0.25, -0.2) is 0 Å². The highest BCUT2D eigenvalue weighted by Crippen LogP contribution is 2.25. The van der Waals surface area contributed by atoms with E-state index in [0.717, 1.165) is 29.0 Å². The first-order valence-electron chi connectivity index (χ1n) is 6.87. The summed E-state index contributed by atoms with van der Waals surface area (Å²) in [5, 5.41) is 0. The van der Waals surface area contributed by atoms with Gasteiger partial charge in [0.25, 0.3) is 0 Å². The minimum Gasteiger partial charge on any atom is -0.497 e. The molecule has 2 aromatic carbocycles. The molecule has 0 aliphatic rings. The van der Waals surface area contributed by atoms with Crippen LogP contribution in [0.15, 0.2) is 48.5 Å². The molecule has 0 aliphatic carbocycles. The van der Waals surface area contributed by atoms with Gasteiger partial charge in [-0.2, -0.15) is 0 Å². The van der Waals surface area contributed by atoms with E-state index in [1.807, 2.05) is 48.5 Å². The number of methoxy groups -OCH3 is 1. The Labute approximate surface area is 125 Å². The van der Waals surface area contributed by atoms with E-state index in [1.54, 1.807) is 7.11 Å².